The molecule has 1 aliphatic heterocycles. The van der Waals surface area contributed by atoms with Crippen LogP contribution < -0.4 is 5.32 Å². The van der Waals surface area contributed by atoms with E-state index in [9.17, 15) is 4.79 Å². The molecule has 0 radical (unpaired) electrons. The number of nitriles is 1. The van der Waals surface area contributed by atoms with Gasteiger partial charge in [0.05, 0.1) is 11.6 Å². The van der Waals surface area contributed by atoms with Crippen LogP contribution in [0.25, 0.3) is 0 Å². The maximum absolute atomic E-state index is 12.7. The standard InChI is InChI=1S/C17H23N3O/c1-14-8-7-9-15(19-11-4-2-3-10-18)16(14)17(21)20-12-5-6-13-20/h7-9,19H,2-6,11-13H2,1H3. The number of rotatable bonds is 6. The van der Waals surface area contributed by atoms with Gasteiger partial charge >= 0.3 is 0 Å². The number of nitrogens with one attached hydrogen (secondary N) is 1. The second-order valence-corrected chi connectivity index (χ2v) is 5.54. The van der Waals surface area contributed by atoms with E-state index >= 15 is 0 Å². The van der Waals surface area contributed by atoms with Crippen molar-refractivity contribution in [1.29, 1.82) is 5.26 Å². The number of carbonyl (C=O) groups excluding carboxylic acids is 1. The Kier molecular flexibility index (Phi) is 5.62. The Morgan fingerprint density at radius 2 is 2.10 bits per heavy atom. The predicted molar refractivity (Wildman–Crippen MR) is 84.3 cm³/mol. The molecule has 21 heavy (non-hydrogen) atoms. The van der Waals surface area contributed by atoms with Crippen molar-refractivity contribution in [2.75, 3.05) is 25.0 Å². The molecule has 0 bridgehead atoms. The molecule has 0 atom stereocenters. The summed E-state index contributed by atoms with van der Waals surface area (Å²) >= 11 is 0. The van der Waals surface area contributed by atoms with E-state index in [1.165, 1.54) is 0 Å². The summed E-state index contributed by atoms with van der Waals surface area (Å²) in [5.74, 6) is 0.144. The molecule has 1 N–H and O–H groups in total. The molecular weight excluding hydrogens is 262 g/mol. The number of likely N-dealkylation sites (tertiary alicyclic amines) is 1. The summed E-state index contributed by atoms with van der Waals surface area (Å²) in [6, 6.07) is 8.10. The fourth-order valence-corrected chi connectivity index (χ4v) is 2.73. The van der Waals surface area contributed by atoms with Crippen LogP contribution in [0.2, 0.25) is 0 Å². The fourth-order valence-electron chi connectivity index (χ4n) is 2.73. The van der Waals surface area contributed by atoms with Crippen molar-refractivity contribution in [3.8, 4) is 6.07 Å². The number of aryl methyl sites for hydroxylation is 1. The Labute approximate surface area is 126 Å². The summed E-state index contributed by atoms with van der Waals surface area (Å²) in [6.07, 6.45) is 4.64. The molecule has 0 spiro atoms. The Balaban J connectivity index is 2.05. The van der Waals surface area contributed by atoms with Crippen LogP contribution in [-0.4, -0.2) is 30.4 Å². The zero-order chi connectivity index (χ0) is 15.1. The predicted octanol–water partition coefficient (Wildman–Crippen LogP) is 3.34. The molecule has 0 saturated carbocycles. The van der Waals surface area contributed by atoms with Gasteiger partial charge in [-0.2, -0.15) is 5.26 Å². The lowest BCUT2D eigenvalue weighted by Gasteiger charge is -2.20. The minimum Gasteiger partial charge on any atom is -0.384 e. The summed E-state index contributed by atoms with van der Waals surface area (Å²) in [5.41, 5.74) is 2.75. The van der Waals surface area contributed by atoms with Crippen LogP contribution in [0, 0.1) is 18.3 Å². The summed E-state index contributed by atoms with van der Waals surface area (Å²) in [4.78, 5) is 14.6. The van der Waals surface area contributed by atoms with E-state index in [1.54, 1.807) is 0 Å². The zero-order valence-corrected chi connectivity index (χ0v) is 12.7. The third kappa shape index (κ3) is 3.98. The first-order chi connectivity index (χ1) is 10.2. The van der Waals surface area contributed by atoms with E-state index in [-0.39, 0.29) is 5.91 Å². The van der Waals surface area contributed by atoms with Gasteiger partial charge in [-0.05, 0) is 44.2 Å². The summed E-state index contributed by atoms with van der Waals surface area (Å²) in [6.45, 7) is 4.53. The van der Waals surface area contributed by atoms with Crippen molar-refractivity contribution in [3.63, 3.8) is 0 Å². The average Bonchev–Trinajstić information content (AvgIpc) is 3.01. The Bertz CT molecular complexity index is 527. The van der Waals surface area contributed by atoms with Crippen molar-refractivity contribution in [2.45, 2.75) is 39.0 Å². The normalized spacial score (nSPS) is 14.0. The van der Waals surface area contributed by atoms with Gasteiger partial charge in [-0.15, -0.1) is 0 Å². The van der Waals surface area contributed by atoms with Crippen molar-refractivity contribution < 1.29 is 4.79 Å². The summed E-state index contributed by atoms with van der Waals surface area (Å²) in [5, 5.41) is 11.9. The van der Waals surface area contributed by atoms with Gasteiger partial charge in [0.25, 0.3) is 5.91 Å². The van der Waals surface area contributed by atoms with E-state index in [0.717, 1.165) is 62.1 Å². The Hall–Kier alpha value is -2.02. The number of unbranched alkanes of at least 4 members (excludes halogenated alkanes) is 2. The fraction of sp³-hybridized carbons (Fsp3) is 0.529. The van der Waals surface area contributed by atoms with Crippen molar-refractivity contribution in [1.82, 2.24) is 4.90 Å². The molecule has 1 fully saturated rings. The SMILES string of the molecule is Cc1cccc(NCCCCC#N)c1C(=O)N1CCCC1. The van der Waals surface area contributed by atoms with Gasteiger partial charge < -0.3 is 10.2 Å². The maximum Gasteiger partial charge on any atom is 0.256 e. The second-order valence-electron chi connectivity index (χ2n) is 5.54. The topological polar surface area (TPSA) is 56.1 Å². The molecule has 1 amide bonds. The van der Waals surface area contributed by atoms with Gasteiger partial charge in [0, 0.05) is 31.7 Å². The van der Waals surface area contributed by atoms with Crippen LogP contribution in [-0.2, 0) is 0 Å². The molecule has 1 aromatic carbocycles. The molecule has 2 rings (SSSR count). The number of anilines is 1. The molecule has 4 nitrogen and oxygen atoms in total. The van der Waals surface area contributed by atoms with Crippen molar-refractivity contribution >= 4 is 11.6 Å². The first-order valence-electron chi connectivity index (χ1n) is 7.73. The van der Waals surface area contributed by atoms with Crippen LogP contribution in [0.3, 0.4) is 0 Å². The number of amides is 1. The minimum absolute atomic E-state index is 0.144. The van der Waals surface area contributed by atoms with Crippen molar-refractivity contribution in [2.24, 2.45) is 0 Å². The summed E-state index contributed by atoms with van der Waals surface area (Å²) < 4.78 is 0. The van der Waals surface area contributed by atoms with E-state index in [1.807, 2.05) is 30.0 Å². The highest BCUT2D eigenvalue weighted by Crippen LogP contribution is 2.23. The number of nitrogens with zero attached hydrogens (tertiary/aromatic N) is 2. The van der Waals surface area contributed by atoms with Crippen LogP contribution >= 0.6 is 0 Å². The third-order valence-corrected chi connectivity index (χ3v) is 3.91. The number of benzene rings is 1. The van der Waals surface area contributed by atoms with Gasteiger partial charge in [0.15, 0.2) is 0 Å². The monoisotopic (exact) mass is 285 g/mol. The number of hydrogen-bond donors (Lipinski definition) is 1. The second kappa shape index (κ2) is 7.68. The van der Waals surface area contributed by atoms with Gasteiger partial charge in [0.1, 0.15) is 0 Å². The quantitative estimate of drug-likeness (QED) is 0.816. The molecule has 1 aromatic rings. The van der Waals surface area contributed by atoms with Crippen LogP contribution in [0.15, 0.2) is 18.2 Å². The van der Waals surface area contributed by atoms with Gasteiger partial charge in [-0.1, -0.05) is 12.1 Å². The van der Waals surface area contributed by atoms with Crippen molar-refractivity contribution in [3.05, 3.63) is 29.3 Å². The molecule has 4 heteroatoms. The summed E-state index contributed by atoms with van der Waals surface area (Å²) in [7, 11) is 0. The number of hydrogen-bond acceptors (Lipinski definition) is 3. The molecule has 1 saturated heterocycles. The van der Waals surface area contributed by atoms with Crippen LogP contribution in [0.1, 0.15) is 48.0 Å². The van der Waals surface area contributed by atoms with E-state index in [4.69, 9.17) is 5.26 Å². The Morgan fingerprint density at radius 3 is 2.81 bits per heavy atom. The minimum atomic E-state index is 0.144. The van der Waals surface area contributed by atoms with E-state index < -0.39 is 0 Å². The smallest absolute Gasteiger partial charge is 0.256 e. The van der Waals surface area contributed by atoms with Gasteiger partial charge in [0.2, 0.25) is 0 Å². The maximum atomic E-state index is 12.7. The highest BCUT2D eigenvalue weighted by molar-refractivity contribution is 6.01. The lowest BCUT2D eigenvalue weighted by Crippen LogP contribution is -2.29. The molecular formula is C17H23N3O. The van der Waals surface area contributed by atoms with E-state index in [0.29, 0.717) is 6.42 Å². The zero-order valence-electron chi connectivity index (χ0n) is 12.7. The first-order valence-corrected chi connectivity index (χ1v) is 7.73. The molecule has 1 heterocycles. The largest absolute Gasteiger partial charge is 0.384 e. The highest BCUT2D eigenvalue weighted by Gasteiger charge is 2.23. The van der Waals surface area contributed by atoms with Crippen LogP contribution in [0.5, 0.6) is 0 Å². The molecule has 0 aromatic heterocycles. The third-order valence-electron chi connectivity index (χ3n) is 3.91. The number of carbonyl (C=O) groups is 1. The van der Waals surface area contributed by atoms with Gasteiger partial charge in [-0.3, -0.25) is 4.79 Å². The molecule has 1 aliphatic rings. The first kappa shape index (κ1) is 15.4. The lowest BCUT2D eigenvalue weighted by molar-refractivity contribution is 0.0793. The molecule has 0 unspecified atom stereocenters. The van der Waals surface area contributed by atoms with E-state index in [2.05, 4.69) is 11.4 Å². The van der Waals surface area contributed by atoms with Crippen LogP contribution in [0.4, 0.5) is 5.69 Å². The molecule has 0 aliphatic carbocycles. The average molecular weight is 285 g/mol. The Morgan fingerprint density at radius 1 is 1.33 bits per heavy atom. The van der Waals surface area contributed by atoms with Gasteiger partial charge in [-0.25, -0.2) is 0 Å². The molecule has 112 valence electrons. The highest BCUT2D eigenvalue weighted by atomic mass is 16.2. The lowest BCUT2D eigenvalue weighted by atomic mass is 10.0.